The van der Waals surface area contributed by atoms with Crippen molar-refractivity contribution in [3.63, 3.8) is 0 Å². The Hall–Kier alpha value is -2.40. The van der Waals surface area contributed by atoms with E-state index in [0.717, 1.165) is 19.5 Å². The van der Waals surface area contributed by atoms with Gasteiger partial charge >= 0.3 is 0 Å². The molecule has 0 aliphatic heterocycles. The number of amides is 1. The van der Waals surface area contributed by atoms with E-state index in [0.29, 0.717) is 18.8 Å². The average molecular weight is 463 g/mol. The van der Waals surface area contributed by atoms with Crippen molar-refractivity contribution >= 4 is 28.4 Å². The van der Waals surface area contributed by atoms with Crippen molar-refractivity contribution in [1.29, 1.82) is 0 Å². The molecule has 0 aliphatic rings. The zero-order chi connectivity index (χ0) is 24.1. The molecule has 0 spiro atoms. The van der Waals surface area contributed by atoms with Crippen LogP contribution in [0, 0.1) is 36.0 Å². The number of benzene rings is 2. The van der Waals surface area contributed by atoms with Gasteiger partial charge in [-0.15, -0.1) is 11.8 Å². The summed E-state index contributed by atoms with van der Waals surface area (Å²) in [4.78, 5) is 16.0. The molecule has 1 amide bonds. The zero-order valence-electron chi connectivity index (χ0n) is 20.9. The minimum atomic E-state index is -0.0254. The number of aryl methyl sites for hydroxylation is 1. The van der Waals surface area contributed by atoms with E-state index in [9.17, 15) is 4.79 Å². The molecule has 3 nitrogen and oxygen atoms in total. The summed E-state index contributed by atoms with van der Waals surface area (Å²) in [6, 6.07) is 12.6. The lowest BCUT2D eigenvalue weighted by Crippen LogP contribution is -2.36. The van der Waals surface area contributed by atoms with E-state index < -0.39 is 0 Å². The molecule has 0 saturated carbocycles. The number of nitrogens with zero attached hydrogens (tertiary/aromatic N) is 1. The van der Waals surface area contributed by atoms with Gasteiger partial charge in [0.15, 0.2) is 0 Å². The molecule has 33 heavy (non-hydrogen) atoms. The van der Waals surface area contributed by atoms with Gasteiger partial charge in [0.2, 0.25) is 5.91 Å². The van der Waals surface area contributed by atoms with Crippen LogP contribution in [0.2, 0.25) is 0 Å². The first kappa shape index (κ1) is 26.8. The Balaban J connectivity index is 1.84. The summed E-state index contributed by atoms with van der Waals surface area (Å²) in [5, 5.41) is 5.51. The Labute approximate surface area is 205 Å². The van der Waals surface area contributed by atoms with Crippen LogP contribution >= 0.6 is 11.8 Å². The molecule has 0 radical (unpaired) electrons. The van der Waals surface area contributed by atoms with E-state index in [1.165, 1.54) is 34.1 Å². The summed E-state index contributed by atoms with van der Waals surface area (Å²) < 4.78 is 0. The summed E-state index contributed by atoms with van der Waals surface area (Å²) in [7, 11) is 0. The maximum atomic E-state index is 12.5. The Bertz CT molecular complexity index is 1030. The highest BCUT2D eigenvalue weighted by Crippen LogP contribution is 2.31. The molecule has 0 bridgehead atoms. The topological polar surface area (TPSA) is 32.3 Å². The van der Waals surface area contributed by atoms with E-state index in [4.69, 9.17) is 0 Å². The number of hydrogen-bond donors (Lipinski definition) is 1. The summed E-state index contributed by atoms with van der Waals surface area (Å²) >= 11 is 1.62. The third-order valence-electron chi connectivity index (χ3n) is 5.14. The molecule has 0 saturated heterocycles. The van der Waals surface area contributed by atoms with E-state index in [-0.39, 0.29) is 11.3 Å². The van der Waals surface area contributed by atoms with Crippen LogP contribution in [-0.2, 0) is 4.79 Å². The van der Waals surface area contributed by atoms with E-state index in [1.54, 1.807) is 11.8 Å². The van der Waals surface area contributed by atoms with E-state index in [2.05, 4.69) is 98.8 Å². The van der Waals surface area contributed by atoms with Gasteiger partial charge < -0.3 is 5.32 Å². The van der Waals surface area contributed by atoms with Crippen LogP contribution in [0.1, 0.15) is 52.5 Å². The molecule has 2 aromatic carbocycles. The van der Waals surface area contributed by atoms with Crippen molar-refractivity contribution in [2.24, 2.45) is 5.41 Å². The van der Waals surface area contributed by atoms with Gasteiger partial charge in [-0.3, -0.25) is 9.69 Å². The Morgan fingerprint density at radius 1 is 1.06 bits per heavy atom. The number of hydrogen-bond acceptors (Lipinski definition) is 3. The molecule has 0 aromatic heterocycles. The quantitative estimate of drug-likeness (QED) is 0.256. The smallest absolute Gasteiger partial charge is 0.230 e. The molecule has 2 aromatic rings. The van der Waals surface area contributed by atoms with Crippen LogP contribution < -0.4 is 5.32 Å². The molecule has 0 unspecified atom stereocenters. The monoisotopic (exact) mass is 462 g/mol. The Kier molecular flexibility index (Phi) is 11.4. The van der Waals surface area contributed by atoms with Gasteiger partial charge in [0, 0.05) is 23.4 Å². The second-order valence-electron chi connectivity index (χ2n) is 9.36. The largest absolute Gasteiger partial charge is 0.354 e. The van der Waals surface area contributed by atoms with Crippen LogP contribution in [-0.4, -0.2) is 42.7 Å². The summed E-state index contributed by atoms with van der Waals surface area (Å²) in [5.74, 6) is 12.8. The average Bonchev–Trinajstić information content (AvgIpc) is 2.77. The van der Waals surface area contributed by atoms with E-state index in [1.807, 2.05) is 6.07 Å². The Morgan fingerprint density at radius 3 is 2.61 bits per heavy atom. The normalized spacial score (nSPS) is 11.0. The number of unbranched alkanes of at least 4 members (excludes halogenated alkanes) is 2. The molecule has 2 rings (SSSR count). The van der Waals surface area contributed by atoms with E-state index >= 15 is 0 Å². The molecule has 0 atom stereocenters. The fraction of sp³-hybridized carbons (Fsp3) is 0.483. The lowest BCUT2D eigenvalue weighted by atomic mass is 9.98. The van der Waals surface area contributed by atoms with Gasteiger partial charge in [0.1, 0.15) is 0 Å². The highest BCUT2D eigenvalue weighted by atomic mass is 32.2. The molecule has 1 N–H and O–H groups in total. The third kappa shape index (κ3) is 10.4. The number of carbonyl (C=O) groups is 1. The SMILES string of the molecule is CCCCCN(CC#CC#CC(C)(C)C)CCNC(=O)CSc1c(C)ccc2ccccc12. The number of thioether (sulfide) groups is 1. The molecular weight excluding hydrogens is 424 g/mol. The van der Waals surface area contributed by atoms with Crippen LogP contribution in [0.25, 0.3) is 10.8 Å². The maximum Gasteiger partial charge on any atom is 0.230 e. The highest BCUT2D eigenvalue weighted by molar-refractivity contribution is 8.00. The molecule has 4 heteroatoms. The summed E-state index contributed by atoms with van der Waals surface area (Å²) in [6.45, 7) is 13.7. The molecule has 0 fully saturated rings. The van der Waals surface area contributed by atoms with Crippen LogP contribution in [0.5, 0.6) is 0 Å². The van der Waals surface area contributed by atoms with Crippen LogP contribution in [0.3, 0.4) is 0 Å². The zero-order valence-corrected chi connectivity index (χ0v) is 21.7. The lowest BCUT2D eigenvalue weighted by Gasteiger charge is -2.19. The van der Waals surface area contributed by atoms with Crippen molar-refractivity contribution in [3.05, 3.63) is 42.0 Å². The van der Waals surface area contributed by atoms with Gasteiger partial charge in [-0.2, -0.15) is 0 Å². The van der Waals surface area contributed by atoms with Crippen LogP contribution in [0.4, 0.5) is 0 Å². The van der Waals surface area contributed by atoms with Crippen molar-refractivity contribution in [3.8, 4) is 23.7 Å². The fourth-order valence-corrected chi connectivity index (χ4v) is 4.37. The first-order valence-corrected chi connectivity index (χ1v) is 12.9. The lowest BCUT2D eigenvalue weighted by molar-refractivity contribution is -0.118. The summed E-state index contributed by atoms with van der Waals surface area (Å²) in [5.41, 5.74) is 1.18. The number of fused-ring (bicyclic) bond motifs is 1. The molecule has 0 heterocycles. The van der Waals surface area contributed by atoms with Crippen LogP contribution in [0.15, 0.2) is 41.3 Å². The predicted molar refractivity (Wildman–Crippen MR) is 143 cm³/mol. The molecular formula is C29H38N2OS. The first-order valence-electron chi connectivity index (χ1n) is 11.9. The fourth-order valence-electron chi connectivity index (χ4n) is 3.36. The van der Waals surface area contributed by atoms with Crippen molar-refractivity contribution in [2.75, 3.05) is 31.9 Å². The number of nitrogens with one attached hydrogen (secondary N) is 1. The van der Waals surface area contributed by atoms with Gasteiger partial charge in [-0.25, -0.2) is 0 Å². The molecule has 176 valence electrons. The molecule has 0 aliphatic carbocycles. The predicted octanol–water partition coefficient (Wildman–Crippen LogP) is 5.90. The van der Waals surface area contributed by atoms with Gasteiger partial charge in [0.25, 0.3) is 0 Å². The van der Waals surface area contributed by atoms with Gasteiger partial charge in [-0.1, -0.05) is 68.0 Å². The second kappa shape index (κ2) is 14.0. The minimum Gasteiger partial charge on any atom is -0.354 e. The maximum absolute atomic E-state index is 12.5. The first-order chi connectivity index (χ1) is 15.8. The highest BCUT2D eigenvalue weighted by Gasteiger charge is 2.09. The number of rotatable bonds is 11. The van der Waals surface area contributed by atoms with Crippen molar-refractivity contribution < 1.29 is 4.79 Å². The van der Waals surface area contributed by atoms with Gasteiger partial charge in [-0.05, 0) is 68.8 Å². The Morgan fingerprint density at radius 2 is 1.85 bits per heavy atom. The minimum absolute atomic E-state index is 0.0254. The second-order valence-corrected chi connectivity index (χ2v) is 10.3. The summed E-state index contributed by atoms with van der Waals surface area (Å²) in [6.07, 6.45) is 3.55. The van der Waals surface area contributed by atoms with Crippen molar-refractivity contribution in [1.82, 2.24) is 10.2 Å². The van der Waals surface area contributed by atoms with Gasteiger partial charge in [0.05, 0.1) is 12.3 Å². The van der Waals surface area contributed by atoms with Crippen molar-refractivity contribution in [2.45, 2.75) is 58.8 Å². The standard InChI is InChI=1S/C29H38N2OS/c1-6-7-12-20-31(21-13-8-11-18-29(3,4)5)22-19-30-27(32)23-33-28-24(2)16-17-25-14-9-10-15-26(25)28/h9-10,14-17H,6-7,12,19-23H2,1-5H3,(H,30,32). The third-order valence-corrected chi connectivity index (χ3v) is 6.38. The number of carbonyl (C=O) groups excluding carboxylic acids is 1.